The van der Waals surface area contributed by atoms with Crippen LogP contribution >= 0.6 is 11.6 Å². The third-order valence-electron chi connectivity index (χ3n) is 9.86. The van der Waals surface area contributed by atoms with Crippen molar-refractivity contribution in [3.63, 3.8) is 0 Å². The minimum absolute atomic E-state index is 0.0137. The molecular weight excluding hydrogens is 671 g/mol. The highest BCUT2D eigenvalue weighted by Gasteiger charge is 2.45. The van der Waals surface area contributed by atoms with Crippen molar-refractivity contribution in [2.24, 2.45) is 11.7 Å². The molecule has 2 amide bonds. The Hall–Kier alpha value is -2.77. The number of ether oxygens (including phenoxy) is 2. The lowest BCUT2D eigenvalue weighted by Crippen LogP contribution is -2.60. The zero-order valence-corrected chi connectivity index (χ0v) is 30.7. The van der Waals surface area contributed by atoms with E-state index in [1.165, 1.54) is 16.4 Å². The van der Waals surface area contributed by atoms with Crippen LogP contribution in [-0.4, -0.2) is 84.4 Å². The van der Waals surface area contributed by atoms with Crippen LogP contribution in [0.15, 0.2) is 42.5 Å². The van der Waals surface area contributed by atoms with E-state index in [1.807, 2.05) is 26.0 Å². The Balaban J connectivity index is 1.37. The second-order valence-corrected chi connectivity index (χ2v) is 17.7. The molecule has 10 nitrogen and oxygen atoms in total. The molecule has 13 heteroatoms. The number of rotatable bonds is 8. The number of amides is 2. The molecule has 0 radical (unpaired) electrons. The zero-order chi connectivity index (χ0) is 35.7. The molecule has 270 valence electrons. The van der Waals surface area contributed by atoms with Gasteiger partial charge in [-0.2, -0.15) is 4.31 Å². The molecule has 0 spiro atoms. The maximum atomic E-state index is 15.5. The molecule has 2 aromatic carbocycles. The third kappa shape index (κ3) is 9.13. The standard InChI is InChI=1S/C36H50ClFN4O6S/c1-35(2,3)48-34(44)41-21-27(42-22-26(41)8-7-19-49(42,45)46)15-16-28-29(38)9-6-10-30(28)40-33(43)32(39)31(23-11-13-25(37)14-12-23)24-17-18-47-36(4,5)20-24/h6,9-14,24,26-27,31-32H,7-8,15-22,39H2,1-5H3,(H,40,43)/t24-,26+,27?,31-,32-/m0/s1. The number of anilines is 1. The molecular formula is C36H50ClFN4O6S. The van der Waals surface area contributed by atoms with Crippen molar-refractivity contribution in [3.8, 4) is 0 Å². The van der Waals surface area contributed by atoms with E-state index in [9.17, 15) is 18.0 Å². The number of piperazine rings is 1. The second kappa shape index (κ2) is 14.8. The van der Waals surface area contributed by atoms with Crippen LogP contribution in [-0.2, 0) is 30.7 Å². The largest absolute Gasteiger partial charge is 0.444 e. The maximum absolute atomic E-state index is 15.5. The molecule has 3 N–H and O–H groups in total. The van der Waals surface area contributed by atoms with E-state index in [0.29, 0.717) is 30.9 Å². The number of benzene rings is 2. The number of nitrogens with zero attached hydrogens (tertiary/aromatic N) is 2. The number of nitrogens with two attached hydrogens (primary N) is 1. The summed E-state index contributed by atoms with van der Waals surface area (Å²) in [6, 6.07) is 9.96. The van der Waals surface area contributed by atoms with Crippen molar-refractivity contribution in [2.45, 2.75) is 108 Å². The predicted octanol–water partition coefficient (Wildman–Crippen LogP) is 6.08. The first kappa shape index (κ1) is 37.5. The fourth-order valence-corrected chi connectivity index (χ4v) is 9.49. The van der Waals surface area contributed by atoms with E-state index in [2.05, 4.69) is 5.32 Å². The molecule has 3 heterocycles. The summed E-state index contributed by atoms with van der Waals surface area (Å²) in [6.45, 7) is 10.3. The Morgan fingerprint density at radius 1 is 1.14 bits per heavy atom. The van der Waals surface area contributed by atoms with Crippen LogP contribution < -0.4 is 11.1 Å². The van der Waals surface area contributed by atoms with E-state index in [0.717, 1.165) is 12.0 Å². The SMILES string of the molecule is CC(C)(C)OC(=O)N1CC(CCc2c(F)cccc2NC(=O)[C@@H](N)[C@@H](c2ccc(Cl)cc2)[C@H]2CCOC(C)(C)C2)N2C[C@H]1CCCS2(=O)=O. The lowest BCUT2D eigenvalue weighted by atomic mass is 9.73. The Labute approximate surface area is 294 Å². The molecule has 49 heavy (non-hydrogen) atoms. The van der Waals surface area contributed by atoms with Gasteiger partial charge >= 0.3 is 6.09 Å². The van der Waals surface area contributed by atoms with Gasteiger partial charge in [0.1, 0.15) is 11.4 Å². The van der Waals surface area contributed by atoms with Gasteiger partial charge in [0, 0.05) is 54.0 Å². The lowest BCUT2D eigenvalue weighted by Gasteiger charge is -2.44. The highest BCUT2D eigenvalue weighted by Crippen LogP contribution is 2.40. The van der Waals surface area contributed by atoms with Gasteiger partial charge in [-0.05, 0) is 109 Å². The number of sulfonamides is 1. The first-order valence-electron chi connectivity index (χ1n) is 17.2. The van der Waals surface area contributed by atoms with Gasteiger partial charge in [0.25, 0.3) is 0 Å². The maximum Gasteiger partial charge on any atom is 0.410 e. The van der Waals surface area contributed by atoms with Crippen LogP contribution in [0.2, 0.25) is 5.02 Å². The quantitative estimate of drug-likeness (QED) is 0.338. The first-order chi connectivity index (χ1) is 22.9. The summed E-state index contributed by atoms with van der Waals surface area (Å²) in [5.41, 5.74) is 7.08. The van der Waals surface area contributed by atoms with Crippen LogP contribution in [0.4, 0.5) is 14.9 Å². The van der Waals surface area contributed by atoms with Crippen LogP contribution in [0, 0.1) is 11.7 Å². The average molecular weight is 721 g/mol. The first-order valence-corrected chi connectivity index (χ1v) is 19.2. The normalized spacial score (nSPS) is 26.2. The molecule has 0 aliphatic carbocycles. The Morgan fingerprint density at radius 3 is 2.53 bits per heavy atom. The molecule has 3 aliphatic heterocycles. The average Bonchev–Trinajstić information content (AvgIpc) is 3.13. The summed E-state index contributed by atoms with van der Waals surface area (Å²) in [5.74, 6) is -1.29. The van der Waals surface area contributed by atoms with Crippen LogP contribution in [0.25, 0.3) is 0 Å². The van der Waals surface area contributed by atoms with Crippen molar-refractivity contribution >= 4 is 39.3 Å². The Kier molecular flexibility index (Phi) is 11.3. The summed E-state index contributed by atoms with van der Waals surface area (Å²) in [7, 11) is -3.58. The van der Waals surface area contributed by atoms with Crippen molar-refractivity contribution in [2.75, 3.05) is 30.8 Å². The van der Waals surface area contributed by atoms with Gasteiger partial charge in [0.15, 0.2) is 0 Å². The molecule has 5 rings (SSSR count). The van der Waals surface area contributed by atoms with Crippen molar-refractivity contribution in [1.82, 2.24) is 9.21 Å². The van der Waals surface area contributed by atoms with Gasteiger partial charge < -0.3 is 25.4 Å². The summed E-state index contributed by atoms with van der Waals surface area (Å²) < 4.78 is 55.2. The topological polar surface area (TPSA) is 131 Å². The summed E-state index contributed by atoms with van der Waals surface area (Å²) in [5, 5.41) is 3.48. The van der Waals surface area contributed by atoms with E-state index in [1.54, 1.807) is 43.9 Å². The number of hydrogen-bond acceptors (Lipinski definition) is 7. The number of carbonyl (C=O) groups excluding carboxylic acids is 2. The predicted molar refractivity (Wildman–Crippen MR) is 189 cm³/mol. The lowest BCUT2D eigenvalue weighted by molar-refractivity contribution is -0.119. The highest BCUT2D eigenvalue weighted by molar-refractivity contribution is 7.89. The number of carbonyl (C=O) groups is 2. The number of halogens is 2. The molecule has 2 aromatic rings. The fourth-order valence-electron chi connectivity index (χ4n) is 7.57. The van der Waals surface area contributed by atoms with Crippen molar-refractivity contribution in [3.05, 3.63) is 64.4 Å². The molecule has 2 bridgehead atoms. The minimum Gasteiger partial charge on any atom is -0.444 e. The Bertz CT molecular complexity index is 1620. The van der Waals surface area contributed by atoms with E-state index < -0.39 is 45.5 Å². The minimum atomic E-state index is -3.58. The molecule has 2 unspecified atom stereocenters. The number of fused-ring (bicyclic) bond motifs is 2. The van der Waals surface area contributed by atoms with Crippen molar-refractivity contribution in [1.29, 1.82) is 0 Å². The zero-order valence-electron chi connectivity index (χ0n) is 29.1. The highest BCUT2D eigenvalue weighted by atomic mass is 35.5. The second-order valence-electron chi connectivity index (χ2n) is 15.2. The van der Waals surface area contributed by atoms with Crippen molar-refractivity contribution < 1.29 is 31.9 Å². The van der Waals surface area contributed by atoms with E-state index in [4.69, 9.17) is 26.8 Å². The summed E-state index contributed by atoms with van der Waals surface area (Å²) in [6.07, 6.45) is 2.27. The Morgan fingerprint density at radius 2 is 1.86 bits per heavy atom. The molecule has 3 aliphatic rings. The molecule has 3 fully saturated rings. The van der Waals surface area contributed by atoms with Crippen LogP contribution in [0.1, 0.15) is 83.8 Å². The van der Waals surface area contributed by atoms with Gasteiger partial charge in [0.05, 0.1) is 17.4 Å². The van der Waals surface area contributed by atoms with E-state index >= 15 is 4.39 Å². The molecule has 3 saturated heterocycles. The third-order valence-corrected chi connectivity index (χ3v) is 12.1. The van der Waals surface area contributed by atoms with E-state index in [-0.39, 0.29) is 66.4 Å². The van der Waals surface area contributed by atoms with Gasteiger partial charge in [-0.3, -0.25) is 4.79 Å². The van der Waals surface area contributed by atoms with Gasteiger partial charge in [-0.25, -0.2) is 17.6 Å². The molecule has 6 atom stereocenters. The van der Waals surface area contributed by atoms with Gasteiger partial charge in [-0.15, -0.1) is 0 Å². The summed E-state index contributed by atoms with van der Waals surface area (Å²) in [4.78, 5) is 28.8. The smallest absolute Gasteiger partial charge is 0.410 e. The fraction of sp³-hybridized carbons (Fsp3) is 0.611. The summed E-state index contributed by atoms with van der Waals surface area (Å²) >= 11 is 6.19. The number of nitrogens with one attached hydrogen (secondary N) is 1. The van der Waals surface area contributed by atoms with Crippen LogP contribution in [0.5, 0.6) is 0 Å². The monoisotopic (exact) mass is 720 g/mol. The van der Waals surface area contributed by atoms with Crippen LogP contribution in [0.3, 0.4) is 0 Å². The van der Waals surface area contributed by atoms with Gasteiger partial charge in [-0.1, -0.05) is 29.8 Å². The van der Waals surface area contributed by atoms with Gasteiger partial charge in [0.2, 0.25) is 15.9 Å². The molecule has 0 saturated carbocycles. The molecule has 0 aromatic heterocycles. The number of hydrogen-bond donors (Lipinski definition) is 2.